The highest BCUT2D eigenvalue weighted by atomic mass is 32.2. The number of nitrogens with zero attached hydrogens (tertiary/aromatic N) is 1. The first-order valence-corrected chi connectivity index (χ1v) is 5.88. The second kappa shape index (κ2) is 5.30. The molecular weight excluding hydrogens is 190 g/mol. The summed E-state index contributed by atoms with van der Waals surface area (Å²) in [6.07, 6.45) is 0. The van der Waals surface area contributed by atoms with Gasteiger partial charge in [0.1, 0.15) is 0 Å². The standard InChI is InChI=1S/C12H18NS/c1-5-14-10(2)11-7-6-8-12(9-11)13(3)4/h6-10H,1,5H2,2-4H3. The van der Waals surface area contributed by atoms with Crippen LogP contribution in [0.15, 0.2) is 24.3 Å². The highest BCUT2D eigenvalue weighted by Crippen LogP contribution is 2.29. The smallest absolute Gasteiger partial charge is 0.0364 e. The van der Waals surface area contributed by atoms with Gasteiger partial charge in [-0.15, -0.1) is 0 Å². The van der Waals surface area contributed by atoms with Gasteiger partial charge in [0.25, 0.3) is 0 Å². The van der Waals surface area contributed by atoms with Gasteiger partial charge in [0, 0.05) is 25.0 Å². The van der Waals surface area contributed by atoms with Crippen molar-refractivity contribution in [2.24, 2.45) is 0 Å². The number of anilines is 1. The van der Waals surface area contributed by atoms with Gasteiger partial charge in [0.15, 0.2) is 0 Å². The summed E-state index contributed by atoms with van der Waals surface area (Å²) in [6.45, 7) is 6.09. The lowest BCUT2D eigenvalue weighted by molar-refractivity contribution is 1.08. The van der Waals surface area contributed by atoms with Crippen molar-refractivity contribution in [2.45, 2.75) is 12.2 Å². The molecule has 77 valence electrons. The van der Waals surface area contributed by atoms with E-state index < -0.39 is 0 Å². The molecule has 14 heavy (non-hydrogen) atoms. The quantitative estimate of drug-likeness (QED) is 0.746. The Morgan fingerprint density at radius 1 is 1.43 bits per heavy atom. The van der Waals surface area contributed by atoms with E-state index in [2.05, 4.69) is 57.1 Å². The van der Waals surface area contributed by atoms with E-state index in [0.29, 0.717) is 5.25 Å². The molecule has 0 amide bonds. The van der Waals surface area contributed by atoms with Crippen LogP contribution in [0.3, 0.4) is 0 Å². The van der Waals surface area contributed by atoms with E-state index in [0.717, 1.165) is 5.75 Å². The van der Waals surface area contributed by atoms with Crippen LogP contribution in [0.2, 0.25) is 0 Å². The van der Waals surface area contributed by atoms with Gasteiger partial charge in [-0.25, -0.2) is 0 Å². The third-order valence-corrected chi connectivity index (χ3v) is 3.23. The third kappa shape index (κ3) is 2.95. The molecular formula is C12H18NS. The highest BCUT2D eigenvalue weighted by molar-refractivity contribution is 7.99. The zero-order valence-electron chi connectivity index (χ0n) is 9.16. The Morgan fingerprint density at radius 3 is 2.71 bits per heavy atom. The minimum Gasteiger partial charge on any atom is -0.378 e. The Hall–Kier alpha value is -0.630. The lowest BCUT2D eigenvalue weighted by atomic mass is 10.1. The molecule has 1 atom stereocenters. The first-order chi connectivity index (χ1) is 6.65. The van der Waals surface area contributed by atoms with E-state index in [-0.39, 0.29) is 0 Å². The minimum atomic E-state index is 0.535. The molecule has 0 heterocycles. The van der Waals surface area contributed by atoms with Crippen LogP contribution >= 0.6 is 11.8 Å². The molecule has 1 aromatic carbocycles. The van der Waals surface area contributed by atoms with Crippen molar-refractivity contribution in [3.8, 4) is 0 Å². The maximum atomic E-state index is 3.86. The number of thioether (sulfide) groups is 1. The fourth-order valence-electron chi connectivity index (χ4n) is 1.33. The summed E-state index contributed by atoms with van der Waals surface area (Å²) in [5, 5.41) is 0.535. The van der Waals surface area contributed by atoms with Crippen molar-refractivity contribution >= 4 is 17.4 Å². The molecule has 2 heteroatoms. The SMILES string of the molecule is [CH2]CSC(C)c1cccc(N(C)C)c1. The van der Waals surface area contributed by atoms with E-state index in [9.17, 15) is 0 Å². The fourth-order valence-corrected chi connectivity index (χ4v) is 2.02. The summed E-state index contributed by atoms with van der Waals surface area (Å²) >= 11 is 1.88. The van der Waals surface area contributed by atoms with Gasteiger partial charge in [-0.3, -0.25) is 0 Å². The first-order valence-electron chi connectivity index (χ1n) is 4.83. The topological polar surface area (TPSA) is 3.24 Å². The molecule has 0 saturated heterocycles. The predicted molar refractivity (Wildman–Crippen MR) is 67.0 cm³/mol. The Labute approximate surface area is 91.5 Å². The monoisotopic (exact) mass is 208 g/mol. The number of hydrogen-bond donors (Lipinski definition) is 0. The molecule has 1 unspecified atom stereocenters. The summed E-state index contributed by atoms with van der Waals surface area (Å²) < 4.78 is 0. The molecule has 0 aromatic heterocycles. The maximum absolute atomic E-state index is 3.86. The van der Waals surface area contributed by atoms with Crippen LogP contribution in [0, 0.1) is 6.92 Å². The highest BCUT2D eigenvalue weighted by Gasteiger charge is 2.05. The predicted octanol–water partition coefficient (Wildman–Crippen LogP) is 3.38. The van der Waals surface area contributed by atoms with Crippen LogP contribution in [0.25, 0.3) is 0 Å². The molecule has 0 fully saturated rings. The molecule has 0 N–H and O–H groups in total. The van der Waals surface area contributed by atoms with Crippen molar-refractivity contribution < 1.29 is 0 Å². The molecule has 0 saturated carbocycles. The summed E-state index contributed by atoms with van der Waals surface area (Å²) in [5.41, 5.74) is 2.64. The third-order valence-electron chi connectivity index (χ3n) is 2.22. The molecule has 0 aliphatic carbocycles. The van der Waals surface area contributed by atoms with E-state index >= 15 is 0 Å². The number of hydrogen-bond acceptors (Lipinski definition) is 2. The summed E-state index contributed by atoms with van der Waals surface area (Å²) in [7, 11) is 4.14. The largest absolute Gasteiger partial charge is 0.378 e. The lowest BCUT2D eigenvalue weighted by Crippen LogP contribution is -2.08. The van der Waals surface area contributed by atoms with Crippen LogP contribution in [0.5, 0.6) is 0 Å². The van der Waals surface area contributed by atoms with Crippen LogP contribution < -0.4 is 4.90 Å². The molecule has 0 spiro atoms. The van der Waals surface area contributed by atoms with Crippen molar-refractivity contribution in [3.05, 3.63) is 36.8 Å². The van der Waals surface area contributed by atoms with Crippen molar-refractivity contribution in [3.63, 3.8) is 0 Å². The first kappa shape index (κ1) is 11.4. The van der Waals surface area contributed by atoms with Crippen molar-refractivity contribution in [1.82, 2.24) is 0 Å². The molecule has 0 aliphatic heterocycles. The van der Waals surface area contributed by atoms with Crippen molar-refractivity contribution in [2.75, 3.05) is 24.7 Å². The average molecular weight is 208 g/mol. The molecule has 0 bridgehead atoms. The molecule has 1 radical (unpaired) electrons. The van der Waals surface area contributed by atoms with Crippen LogP contribution in [0.4, 0.5) is 5.69 Å². The van der Waals surface area contributed by atoms with Gasteiger partial charge in [0.2, 0.25) is 0 Å². The number of benzene rings is 1. The minimum absolute atomic E-state index is 0.535. The van der Waals surface area contributed by atoms with E-state index in [1.807, 2.05) is 11.8 Å². The Morgan fingerprint density at radius 2 is 2.14 bits per heavy atom. The molecule has 1 nitrogen and oxygen atoms in total. The van der Waals surface area contributed by atoms with Crippen LogP contribution in [-0.2, 0) is 0 Å². The number of rotatable bonds is 4. The average Bonchev–Trinajstić information content (AvgIpc) is 2.18. The second-order valence-corrected chi connectivity index (χ2v) is 4.95. The van der Waals surface area contributed by atoms with Crippen LogP contribution in [-0.4, -0.2) is 19.8 Å². The molecule has 0 aliphatic rings. The normalized spacial score (nSPS) is 12.6. The Balaban J connectivity index is 2.82. The van der Waals surface area contributed by atoms with Gasteiger partial charge in [-0.05, 0) is 37.3 Å². The fraction of sp³-hybridized carbons (Fsp3) is 0.417. The molecule has 1 aromatic rings. The second-order valence-electron chi connectivity index (χ2n) is 3.50. The van der Waals surface area contributed by atoms with Gasteiger partial charge in [-0.2, -0.15) is 11.8 Å². The van der Waals surface area contributed by atoms with Gasteiger partial charge in [-0.1, -0.05) is 12.1 Å². The van der Waals surface area contributed by atoms with Gasteiger partial charge >= 0.3 is 0 Å². The summed E-state index contributed by atoms with van der Waals surface area (Å²) in [4.78, 5) is 2.13. The lowest BCUT2D eigenvalue weighted by Gasteiger charge is -2.16. The van der Waals surface area contributed by atoms with E-state index in [1.165, 1.54) is 11.3 Å². The Bertz CT molecular complexity index is 283. The zero-order chi connectivity index (χ0) is 10.6. The maximum Gasteiger partial charge on any atom is 0.0364 e. The van der Waals surface area contributed by atoms with Gasteiger partial charge in [0.05, 0.1) is 0 Å². The summed E-state index contributed by atoms with van der Waals surface area (Å²) in [5.74, 6) is 0.924. The van der Waals surface area contributed by atoms with Crippen molar-refractivity contribution in [1.29, 1.82) is 0 Å². The summed E-state index contributed by atoms with van der Waals surface area (Å²) in [6, 6.07) is 8.67. The van der Waals surface area contributed by atoms with Gasteiger partial charge < -0.3 is 4.90 Å². The van der Waals surface area contributed by atoms with Crippen LogP contribution in [0.1, 0.15) is 17.7 Å². The van der Waals surface area contributed by atoms with E-state index in [4.69, 9.17) is 0 Å². The Kier molecular flexibility index (Phi) is 4.33. The zero-order valence-corrected chi connectivity index (χ0v) is 9.97. The van der Waals surface area contributed by atoms with E-state index in [1.54, 1.807) is 0 Å². The molecule has 1 rings (SSSR count).